The molecule has 0 radical (unpaired) electrons. The molecular weight excluding hydrogens is 242 g/mol. The minimum atomic E-state index is -0.00753. The summed E-state index contributed by atoms with van der Waals surface area (Å²) >= 11 is 3.62. The van der Waals surface area contributed by atoms with Crippen LogP contribution in [0.25, 0.3) is 0 Å². The SMILES string of the molecule is CC1(C(=O)NCC2CCC(Br)C2)CC1. The molecule has 3 heteroatoms. The molecule has 0 spiro atoms. The lowest BCUT2D eigenvalue weighted by Gasteiger charge is -2.13. The fraction of sp³-hybridized carbons (Fsp3) is 0.909. The first-order valence-corrected chi connectivity index (χ1v) is 6.44. The van der Waals surface area contributed by atoms with Crippen LogP contribution in [0.2, 0.25) is 0 Å². The highest BCUT2D eigenvalue weighted by Crippen LogP contribution is 2.45. The maximum atomic E-state index is 11.6. The Morgan fingerprint density at radius 2 is 2.21 bits per heavy atom. The zero-order chi connectivity index (χ0) is 10.2. The van der Waals surface area contributed by atoms with Gasteiger partial charge < -0.3 is 5.32 Å². The van der Waals surface area contributed by atoms with Gasteiger partial charge in [0.05, 0.1) is 0 Å². The van der Waals surface area contributed by atoms with Crippen molar-refractivity contribution in [3.8, 4) is 0 Å². The molecule has 0 saturated heterocycles. The first-order chi connectivity index (χ1) is 6.60. The molecule has 2 aliphatic rings. The van der Waals surface area contributed by atoms with Gasteiger partial charge in [-0.2, -0.15) is 0 Å². The molecule has 2 rings (SSSR count). The molecule has 0 heterocycles. The van der Waals surface area contributed by atoms with Crippen LogP contribution >= 0.6 is 15.9 Å². The Kier molecular flexibility index (Phi) is 2.87. The summed E-state index contributed by atoms with van der Waals surface area (Å²) in [6.07, 6.45) is 5.89. The fourth-order valence-corrected chi connectivity index (χ4v) is 2.86. The average Bonchev–Trinajstić information content (AvgIpc) is 2.76. The topological polar surface area (TPSA) is 29.1 Å². The van der Waals surface area contributed by atoms with Gasteiger partial charge in [-0.25, -0.2) is 0 Å². The molecule has 0 aromatic rings. The van der Waals surface area contributed by atoms with Crippen LogP contribution in [0, 0.1) is 11.3 Å². The normalized spacial score (nSPS) is 34.1. The summed E-state index contributed by atoms with van der Waals surface area (Å²) in [6, 6.07) is 0. The molecular formula is C11H18BrNO. The van der Waals surface area contributed by atoms with Crippen molar-refractivity contribution in [3.63, 3.8) is 0 Å². The van der Waals surface area contributed by atoms with Crippen LogP contribution in [0.5, 0.6) is 0 Å². The van der Waals surface area contributed by atoms with Crippen molar-refractivity contribution < 1.29 is 4.79 Å². The Hall–Kier alpha value is -0.0500. The van der Waals surface area contributed by atoms with Crippen molar-refractivity contribution in [2.24, 2.45) is 11.3 Å². The zero-order valence-corrected chi connectivity index (χ0v) is 10.3. The lowest BCUT2D eigenvalue weighted by molar-refractivity contribution is -0.125. The van der Waals surface area contributed by atoms with E-state index in [0.29, 0.717) is 10.7 Å². The molecule has 2 unspecified atom stereocenters. The second-order valence-electron chi connectivity index (χ2n) is 5.05. The van der Waals surface area contributed by atoms with E-state index in [1.807, 2.05) is 0 Å². The molecule has 1 N–H and O–H groups in total. The number of amides is 1. The Morgan fingerprint density at radius 3 is 2.71 bits per heavy atom. The Morgan fingerprint density at radius 1 is 1.50 bits per heavy atom. The molecule has 80 valence electrons. The minimum absolute atomic E-state index is 0.00753. The van der Waals surface area contributed by atoms with Gasteiger partial charge in [0.25, 0.3) is 0 Å². The molecule has 2 nitrogen and oxygen atoms in total. The van der Waals surface area contributed by atoms with Crippen molar-refractivity contribution in [3.05, 3.63) is 0 Å². The summed E-state index contributed by atoms with van der Waals surface area (Å²) in [5.74, 6) is 0.973. The molecule has 1 amide bonds. The van der Waals surface area contributed by atoms with Crippen LogP contribution in [0.1, 0.15) is 39.0 Å². The lowest BCUT2D eigenvalue weighted by Crippen LogP contribution is -2.33. The van der Waals surface area contributed by atoms with Crippen LogP contribution in [0.4, 0.5) is 0 Å². The number of carbonyl (C=O) groups excluding carboxylic acids is 1. The molecule has 2 fully saturated rings. The van der Waals surface area contributed by atoms with Crippen LogP contribution in [0.3, 0.4) is 0 Å². The van der Waals surface area contributed by atoms with Gasteiger partial charge in [-0.15, -0.1) is 0 Å². The highest BCUT2D eigenvalue weighted by Gasteiger charge is 2.44. The standard InChI is InChI=1S/C11H18BrNO/c1-11(4-5-11)10(14)13-7-8-2-3-9(12)6-8/h8-9H,2-7H2,1H3,(H,13,14). The minimum Gasteiger partial charge on any atom is -0.355 e. The summed E-state index contributed by atoms with van der Waals surface area (Å²) < 4.78 is 0. The van der Waals surface area contributed by atoms with E-state index in [4.69, 9.17) is 0 Å². The predicted octanol–water partition coefficient (Wildman–Crippen LogP) is 2.47. The smallest absolute Gasteiger partial charge is 0.225 e. The fourth-order valence-electron chi connectivity index (χ4n) is 2.06. The van der Waals surface area contributed by atoms with Crippen molar-refractivity contribution in [2.75, 3.05) is 6.54 Å². The van der Waals surface area contributed by atoms with Gasteiger partial charge in [0.15, 0.2) is 0 Å². The van der Waals surface area contributed by atoms with Gasteiger partial charge in [0.1, 0.15) is 0 Å². The lowest BCUT2D eigenvalue weighted by atomic mass is 10.1. The summed E-state index contributed by atoms with van der Waals surface area (Å²) in [5, 5.41) is 3.09. The predicted molar refractivity (Wildman–Crippen MR) is 60.4 cm³/mol. The molecule has 2 saturated carbocycles. The average molecular weight is 260 g/mol. The summed E-state index contributed by atoms with van der Waals surface area (Å²) in [7, 11) is 0. The van der Waals surface area contributed by atoms with Gasteiger partial charge in [0, 0.05) is 16.8 Å². The number of alkyl halides is 1. The van der Waals surface area contributed by atoms with E-state index >= 15 is 0 Å². The Balaban J connectivity index is 1.70. The number of hydrogen-bond acceptors (Lipinski definition) is 1. The van der Waals surface area contributed by atoms with Crippen molar-refractivity contribution in [1.29, 1.82) is 0 Å². The zero-order valence-electron chi connectivity index (χ0n) is 8.68. The molecule has 14 heavy (non-hydrogen) atoms. The maximum Gasteiger partial charge on any atom is 0.225 e. The Bertz CT molecular complexity index is 237. The van der Waals surface area contributed by atoms with E-state index < -0.39 is 0 Å². The molecule has 2 aliphatic carbocycles. The van der Waals surface area contributed by atoms with E-state index in [1.54, 1.807) is 0 Å². The van der Waals surface area contributed by atoms with Crippen LogP contribution in [0.15, 0.2) is 0 Å². The van der Waals surface area contributed by atoms with Crippen molar-refractivity contribution in [1.82, 2.24) is 5.32 Å². The van der Waals surface area contributed by atoms with Gasteiger partial charge >= 0.3 is 0 Å². The Labute approximate surface area is 94.0 Å². The molecule has 0 aromatic carbocycles. The van der Waals surface area contributed by atoms with E-state index in [-0.39, 0.29) is 11.3 Å². The number of hydrogen-bond donors (Lipinski definition) is 1. The largest absolute Gasteiger partial charge is 0.355 e. The summed E-state index contributed by atoms with van der Waals surface area (Å²) in [5.41, 5.74) is -0.00753. The number of rotatable bonds is 3. The van der Waals surface area contributed by atoms with Crippen molar-refractivity contribution in [2.45, 2.75) is 43.9 Å². The quantitative estimate of drug-likeness (QED) is 0.776. The van der Waals surface area contributed by atoms with E-state index in [2.05, 4.69) is 28.2 Å². The molecule has 0 aliphatic heterocycles. The third kappa shape index (κ3) is 2.30. The van der Waals surface area contributed by atoms with E-state index in [9.17, 15) is 4.79 Å². The van der Waals surface area contributed by atoms with E-state index in [0.717, 1.165) is 19.4 Å². The molecule has 0 bridgehead atoms. The van der Waals surface area contributed by atoms with Gasteiger partial charge in [-0.1, -0.05) is 22.9 Å². The molecule has 0 aromatic heterocycles. The van der Waals surface area contributed by atoms with Gasteiger partial charge in [-0.3, -0.25) is 4.79 Å². The van der Waals surface area contributed by atoms with Gasteiger partial charge in [-0.05, 0) is 38.0 Å². The third-order valence-electron chi connectivity index (χ3n) is 3.58. The maximum absolute atomic E-state index is 11.6. The van der Waals surface area contributed by atoms with Crippen LogP contribution in [-0.4, -0.2) is 17.3 Å². The monoisotopic (exact) mass is 259 g/mol. The van der Waals surface area contributed by atoms with Gasteiger partial charge in [0.2, 0.25) is 5.91 Å². The second kappa shape index (κ2) is 3.84. The van der Waals surface area contributed by atoms with Crippen LogP contribution < -0.4 is 5.32 Å². The first-order valence-electron chi connectivity index (χ1n) is 5.52. The van der Waals surface area contributed by atoms with E-state index in [1.165, 1.54) is 19.3 Å². The van der Waals surface area contributed by atoms with Crippen LogP contribution in [-0.2, 0) is 4.79 Å². The third-order valence-corrected chi connectivity index (χ3v) is 4.41. The molecule has 2 atom stereocenters. The summed E-state index contributed by atoms with van der Waals surface area (Å²) in [4.78, 5) is 12.3. The number of carbonyl (C=O) groups is 1. The number of nitrogens with one attached hydrogen (secondary N) is 1. The summed E-state index contributed by atoms with van der Waals surface area (Å²) in [6.45, 7) is 2.95. The highest BCUT2D eigenvalue weighted by atomic mass is 79.9. The first kappa shape index (κ1) is 10.5. The van der Waals surface area contributed by atoms with Crippen molar-refractivity contribution >= 4 is 21.8 Å². The second-order valence-corrected chi connectivity index (χ2v) is 6.34. The number of halogens is 1. The highest BCUT2D eigenvalue weighted by molar-refractivity contribution is 9.09.